The van der Waals surface area contributed by atoms with Crippen molar-refractivity contribution in [2.45, 2.75) is 55.9 Å². The molecule has 5 N–H and O–H groups in total. The van der Waals surface area contributed by atoms with Crippen molar-refractivity contribution in [1.29, 1.82) is 0 Å². The Hall–Kier alpha value is -4.20. The molecule has 2 fully saturated rings. The molecule has 0 spiro atoms. The molecule has 0 unspecified atom stereocenters. The lowest BCUT2D eigenvalue weighted by molar-refractivity contribution is -0.119. The quantitative estimate of drug-likeness (QED) is 0.221. The number of primary amides is 1. The summed E-state index contributed by atoms with van der Waals surface area (Å²) in [5.41, 5.74) is 7.52. The van der Waals surface area contributed by atoms with Crippen LogP contribution in [0.5, 0.6) is 0 Å². The SMILES string of the molecule is NC(=O)[C@@H](Nc1cncc(F)c1CC[C@@H]1CN[C@H](COC(=O)NC[C@H]2CCCO2)CO1)C(c1ccc(F)cc1)c1ccc(F)cc1. The number of benzene rings is 2. The van der Waals surface area contributed by atoms with Crippen LogP contribution in [-0.4, -0.2) is 74.2 Å². The summed E-state index contributed by atoms with van der Waals surface area (Å²) in [5.74, 6) is -3.00. The van der Waals surface area contributed by atoms with E-state index in [1.807, 2.05) is 0 Å². The second kappa shape index (κ2) is 15.9. The number of halogens is 3. The number of carbonyl (C=O) groups is 2. The van der Waals surface area contributed by atoms with Gasteiger partial charge in [-0.3, -0.25) is 9.78 Å². The highest BCUT2D eigenvalue weighted by Crippen LogP contribution is 2.32. The van der Waals surface area contributed by atoms with E-state index in [1.165, 1.54) is 54.7 Å². The van der Waals surface area contributed by atoms with Crippen molar-refractivity contribution in [1.82, 2.24) is 15.6 Å². The number of amides is 2. The average Bonchev–Trinajstić information content (AvgIpc) is 3.58. The third-order valence-corrected chi connectivity index (χ3v) is 8.21. The number of ether oxygens (including phenoxy) is 3. The number of aromatic nitrogens is 1. The van der Waals surface area contributed by atoms with Crippen molar-refractivity contribution < 1.29 is 37.0 Å². The molecule has 246 valence electrons. The van der Waals surface area contributed by atoms with Gasteiger partial charge in [-0.15, -0.1) is 0 Å². The molecular weight excluding hydrogens is 603 g/mol. The summed E-state index contributed by atoms with van der Waals surface area (Å²) in [6.45, 7) is 2.02. The van der Waals surface area contributed by atoms with Gasteiger partial charge in [-0.05, 0) is 61.1 Å². The van der Waals surface area contributed by atoms with Crippen LogP contribution >= 0.6 is 0 Å². The molecule has 2 aliphatic heterocycles. The van der Waals surface area contributed by atoms with Gasteiger partial charge in [0.2, 0.25) is 5.91 Å². The minimum atomic E-state index is -1.12. The summed E-state index contributed by atoms with van der Waals surface area (Å²) < 4.78 is 59.5. The molecule has 2 amide bonds. The van der Waals surface area contributed by atoms with Crippen LogP contribution in [0.15, 0.2) is 60.9 Å². The van der Waals surface area contributed by atoms with Crippen LogP contribution < -0.4 is 21.7 Å². The predicted molar refractivity (Wildman–Crippen MR) is 164 cm³/mol. The standard InChI is InChI=1S/C33H38F3N5O5/c34-22-7-3-20(4-8-22)30(21-5-9-23(35)10-6-21)31(32(37)42)41-29-17-38-16-28(36)27(29)12-11-26-14-39-24(18-45-26)19-46-33(43)40-15-25-2-1-13-44-25/h3-10,16-17,24-26,30-31,39,41H,1-2,11-15,18-19H2,(H2,37,42)(H,40,43)/t24-,25+,26+,31-/m0/s1. The first-order valence-corrected chi connectivity index (χ1v) is 15.3. The fraction of sp³-hybridized carbons (Fsp3) is 0.424. The summed E-state index contributed by atoms with van der Waals surface area (Å²) in [7, 11) is 0. The summed E-state index contributed by atoms with van der Waals surface area (Å²) in [6, 6.07) is 9.82. The fourth-order valence-corrected chi connectivity index (χ4v) is 5.74. The summed E-state index contributed by atoms with van der Waals surface area (Å²) in [6.07, 6.45) is 4.37. The molecule has 46 heavy (non-hydrogen) atoms. The number of rotatable bonds is 13. The van der Waals surface area contributed by atoms with Crippen LogP contribution in [0.2, 0.25) is 0 Å². The molecule has 1 aromatic heterocycles. The number of nitrogens with two attached hydrogens (primary N) is 1. The molecule has 4 atom stereocenters. The van der Waals surface area contributed by atoms with E-state index in [0.29, 0.717) is 43.9 Å². The van der Waals surface area contributed by atoms with E-state index in [0.717, 1.165) is 19.0 Å². The first-order valence-electron chi connectivity index (χ1n) is 15.3. The van der Waals surface area contributed by atoms with Crippen LogP contribution in [0.1, 0.15) is 41.9 Å². The summed E-state index contributed by atoms with van der Waals surface area (Å²) in [4.78, 5) is 28.9. The van der Waals surface area contributed by atoms with E-state index < -0.39 is 41.4 Å². The number of alkyl carbamates (subject to hydrolysis) is 1. The Labute approximate surface area is 265 Å². The highest BCUT2D eigenvalue weighted by Gasteiger charge is 2.31. The van der Waals surface area contributed by atoms with Crippen molar-refractivity contribution in [2.75, 3.05) is 38.2 Å². The highest BCUT2D eigenvalue weighted by molar-refractivity contribution is 5.85. The Morgan fingerprint density at radius 2 is 1.70 bits per heavy atom. The smallest absolute Gasteiger partial charge is 0.407 e. The van der Waals surface area contributed by atoms with Crippen LogP contribution in [-0.2, 0) is 25.4 Å². The van der Waals surface area contributed by atoms with E-state index in [1.54, 1.807) is 0 Å². The van der Waals surface area contributed by atoms with Crippen LogP contribution in [0.4, 0.5) is 23.7 Å². The average molecular weight is 642 g/mol. The van der Waals surface area contributed by atoms with Gasteiger partial charge in [-0.2, -0.15) is 0 Å². The van der Waals surface area contributed by atoms with Gasteiger partial charge in [0, 0.05) is 31.2 Å². The third-order valence-electron chi connectivity index (χ3n) is 8.21. The molecule has 3 aromatic rings. The van der Waals surface area contributed by atoms with Crippen molar-refractivity contribution in [3.8, 4) is 0 Å². The van der Waals surface area contributed by atoms with Gasteiger partial charge in [0.25, 0.3) is 0 Å². The largest absolute Gasteiger partial charge is 0.448 e. The Kier molecular flexibility index (Phi) is 11.4. The zero-order valence-electron chi connectivity index (χ0n) is 25.2. The first kappa shape index (κ1) is 33.2. The van der Waals surface area contributed by atoms with Crippen LogP contribution in [0, 0.1) is 17.5 Å². The molecule has 2 aliphatic rings. The van der Waals surface area contributed by atoms with Gasteiger partial charge in [0.1, 0.15) is 30.1 Å². The normalized spacial score (nSPS) is 20.3. The first-order chi connectivity index (χ1) is 22.3. The molecule has 0 aliphatic carbocycles. The summed E-state index contributed by atoms with van der Waals surface area (Å²) >= 11 is 0. The lowest BCUT2D eigenvalue weighted by Gasteiger charge is -2.31. The highest BCUT2D eigenvalue weighted by atomic mass is 19.1. The molecular formula is C33H38F3N5O5. The van der Waals surface area contributed by atoms with Crippen molar-refractivity contribution in [2.24, 2.45) is 5.73 Å². The molecule has 2 saturated heterocycles. The van der Waals surface area contributed by atoms with Crippen molar-refractivity contribution in [3.63, 3.8) is 0 Å². The maximum absolute atomic E-state index is 15.2. The lowest BCUT2D eigenvalue weighted by Crippen LogP contribution is -2.49. The second-order valence-electron chi connectivity index (χ2n) is 11.5. The minimum Gasteiger partial charge on any atom is -0.448 e. The molecule has 0 saturated carbocycles. The molecule has 0 bridgehead atoms. The van der Waals surface area contributed by atoms with Gasteiger partial charge in [0.15, 0.2) is 0 Å². The van der Waals surface area contributed by atoms with E-state index in [4.69, 9.17) is 19.9 Å². The number of carbonyl (C=O) groups excluding carboxylic acids is 2. The van der Waals surface area contributed by atoms with Crippen molar-refractivity contribution >= 4 is 17.7 Å². The van der Waals surface area contributed by atoms with Crippen molar-refractivity contribution in [3.05, 3.63) is 95.1 Å². The number of pyridine rings is 1. The Balaban J connectivity index is 1.20. The Morgan fingerprint density at radius 1 is 1.00 bits per heavy atom. The van der Waals surface area contributed by atoms with Gasteiger partial charge < -0.3 is 35.9 Å². The molecule has 0 radical (unpaired) electrons. The minimum absolute atomic E-state index is 0.0260. The maximum Gasteiger partial charge on any atom is 0.407 e. The van der Waals surface area contributed by atoms with E-state index in [-0.39, 0.29) is 42.5 Å². The lowest BCUT2D eigenvalue weighted by atomic mass is 9.84. The van der Waals surface area contributed by atoms with Gasteiger partial charge in [0.05, 0.1) is 42.9 Å². The maximum atomic E-state index is 15.2. The van der Waals surface area contributed by atoms with Crippen LogP contribution in [0.3, 0.4) is 0 Å². The Morgan fingerprint density at radius 3 is 2.28 bits per heavy atom. The zero-order chi connectivity index (χ0) is 32.5. The monoisotopic (exact) mass is 641 g/mol. The van der Waals surface area contributed by atoms with E-state index in [9.17, 15) is 18.4 Å². The number of anilines is 1. The molecule has 13 heteroatoms. The van der Waals surface area contributed by atoms with Gasteiger partial charge >= 0.3 is 6.09 Å². The zero-order valence-corrected chi connectivity index (χ0v) is 25.2. The second-order valence-corrected chi connectivity index (χ2v) is 11.5. The topological polar surface area (TPSA) is 137 Å². The molecule has 10 nitrogen and oxygen atoms in total. The predicted octanol–water partition coefficient (Wildman–Crippen LogP) is 3.79. The Bertz CT molecular complexity index is 1400. The van der Waals surface area contributed by atoms with Crippen LogP contribution in [0.25, 0.3) is 0 Å². The fourth-order valence-electron chi connectivity index (χ4n) is 5.74. The van der Waals surface area contributed by atoms with Gasteiger partial charge in [-0.25, -0.2) is 18.0 Å². The van der Waals surface area contributed by atoms with E-state index >= 15 is 4.39 Å². The number of hydrogen-bond donors (Lipinski definition) is 4. The third kappa shape index (κ3) is 8.95. The number of nitrogens with one attached hydrogen (secondary N) is 3. The molecule has 5 rings (SSSR count). The molecule has 3 heterocycles. The molecule has 2 aromatic carbocycles. The number of morpholine rings is 1. The number of hydrogen-bond acceptors (Lipinski definition) is 8. The number of nitrogens with zero attached hydrogens (tertiary/aromatic N) is 1. The summed E-state index contributed by atoms with van der Waals surface area (Å²) in [5, 5.41) is 9.10. The van der Waals surface area contributed by atoms with E-state index in [2.05, 4.69) is 20.9 Å². The van der Waals surface area contributed by atoms with Gasteiger partial charge in [-0.1, -0.05) is 24.3 Å².